The zero-order valence-corrected chi connectivity index (χ0v) is 10.6. The molecule has 3 N–H and O–H groups in total. The maximum atomic E-state index is 5.80. The van der Waals surface area contributed by atoms with Crippen LogP contribution < -0.4 is 15.8 Å². The quantitative estimate of drug-likeness (QED) is 0.563. The molecule has 4 heteroatoms. The third kappa shape index (κ3) is 4.76. The largest absolute Gasteiger partial charge is 0.476 e. The second-order valence-electron chi connectivity index (χ2n) is 4.30. The summed E-state index contributed by atoms with van der Waals surface area (Å²) >= 11 is 0. The van der Waals surface area contributed by atoms with Crippen LogP contribution in [0, 0.1) is 5.92 Å². The zero-order chi connectivity index (χ0) is 12.7. The minimum atomic E-state index is 0.452. The highest BCUT2D eigenvalue weighted by atomic mass is 16.5. The molecule has 4 nitrogen and oxygen atoms in total. The third-order valence-electron chi connectivity index (χ3n) is 2.10. The average Bonchev–Trinajstić information content (AvgIpc) is 2.29. The van der Waals surface area contributed by atoms with Gasteiger partial charge in [0.2, 0.25) is 5.88 Å². The first kappa shape index (κ1) is 13.4. The van der Waals surface area contributed by atoms with Crippen LogP contribution in [0.25, 0.3) is 0 Å². The molecule has 0 aromatic carbocycles. The lowest BCUT2D eigenvalue weighted by molar-refractivity contribution is 0.263. The van der Waals surface area contributed by atoms with Crippen molar-refractivity contribution in [2.75, 3.05) is 24.2 Å². The van der Waals surface area contributed by atoms with E-state index in [2.05, 4.69) is 30.7 Å². The van der Waals surface area contributed by atoms with Crippen molar-refractivity contribution in [3.63, 3.8) is 0 Å². The second-order valence-corrected chi connectivity index (χ2v) is 4.30. The molecule has 0 spiro atoms. The predicted molar refractivity (Wildman–Crippen MR) is 72.3 cm³/mol. The van der Waals surface area contributed by atoms with Gasteiger partial charge in [0, 0.05) is 6.54 Å². The Labute approximate surface area is 103 Å². The number of hydrogen-bond acceptors (Lipinski definition) is 4. The van der Waals surface area contributed by atoms with Gasteiger partial charge in [0.05, 0.1) is 12.3 Å². The van der Waals surface area contributed by atoms with E-state index in [0.717, 1.165) is 18.8 Å². The summed E-state index contributed by atoms with van der Waals surface area (Å²) in [6.45, 7) is 9.27. The summed E-state index contributed by atoms with van der Waals surface area (Å²) in [7, 11) is 0. The Morgan fingerprint density at radius 3 is 2.94 bits per heavy atom. The Morgan fingerprint density at radius 2 is 2.29 bits per heavy atom. The highest BCUT2D eigenvalue weighted by Gasteiger charge is 2.05. The molecule has 0 bridgehead atoms. The van der Waals surface area contributed by atoms with E-state index in [4.69, 9.17) is 10.5 Å². The number of anilines is 2. The lowest BCUT2D eigenvalue weighted by Crippen LogP contribution is -2.09. The van der Waals surface area contributed by atoms with E-state index in [1.807, 2.05) is 12.1 Å². The van der Waals surface area contributed by atoms with Crippen molar-refractivity contribution in [3.05, 3.63) is 24.8 Å². The number of hydrogen-bond donors (Lipinski definition) is 2. The summed E-state index contributed by atoms with van der Waals surface area (Å²) < 4.78 is 5.55. The summed E-state index contributed by atoms with van der Waals surface area (Å²) in [5.41, 5.74) is 6.37. The van der Waals surface area contributed by atoms with Gasteiger partial charge in [0.25, 0.3) is 0 Å². The number of nitrogens with two attached hydrogens (primary N) is 1. The molecule has 1 aromatic rings. The van der Waals surface area contributed by atoms with Gasteiger partial charge >= 0.3 is 0 Å². The van der Waals surface area contributed by atoms with E-state index in [9.17, 15) is 0 Å². The Bertz CT molecular complexity index is 364. The van der Waals surface area contributed by atoms with Crippen LogP contribution in [0.2, 0.25) is 0 Å². The predicted octanol–water partition coefficient (Wildman–Crippen LogP) is 2.69. The van der Waals surface area contributed by atoms with Crippen LogP contribution in [0.1, 0.15) is 20.3 Å². The molecule has 1 heterocycles. The summed E-state index contributed by atoms with van der Waals surface area (Å²) in [5, 5.41) is 3.18. The molecule has 0 saturated carbocycles. The lowest BCUT2D eigenvalue weighted by atomic mass is 10.2. The molecule has 0 aliphatic rings. The van der Waals surface area contributed by atoms with Gasteiger partial charge < -0.3 is 15.8 Å². The van der Waals surface area contributed by atoms with Gasteiger partial charge in [-0.05, 0) is 24.5 Å². The number of nitrogen functional groups attached to an aromatic ring is 1. The number of nitrogens with zero attached hydrogens (tertiary/aromatic N) is 1. The van der Waals surface area contributed by atoms with Crippen LogP contribution in [0.15, 0.2) is 24.8 Å². The maximum Gasteiger partial charge on any atom is 0.239 e. The van der Waals surface area contributed by atoms with Crippen molar-refractivity contribution in [1.29, 1.82) is 0 Å². The van der Waals surface area contributed by atoms with Crippen LogP contribution in [-0.4, -0.2) is 18.1 Å². The zero-order valence-electron chi connectivity index (χ0n) is 10.6. The van der Waals surface area contributed by atoms with E-state index in [0.29, 0.717) is 24.1 Å². The van der Waals surface area contributed by atoms with Gasteiger partial charge in [-0.2, -0.15) is 4.98 Å². The van der Waals surface area contributed by atoms with Gasteiger partial charge in [-0.3, -0.25) is 0 Å². The van der Waals surface area contributed by atoms with Crippen molar-refractivity contribution in [3.8, 4) is 5.88 Å². The van der Waals surface area contributed by atoms with Gasteiger partial charge in [-0.1, -0.05) is 19.9 Å². The van der Waals surface area contributed by atoms with E-state index < -0.39 is 0 Å². The third-order valence-corrected chi connectivity index (χ3v) is 2.10. The number of aromatic nitrogens is 1. The second kappa shape index (κ2) is 6.78. The minimum absolute atomic E-state index is 0.452. The summed E-state index contributed by atoms with van der Waals surface area (Å²) in [6, 6.07) is 3.65. The number of pyridine rings is 1. The van der Waals surface area contributed by atoms with Crippen molar-refractivity contribution in [2.45, 2.75) is 20.3 Å². The lowest BCUT2D eigenvalue weighted by Gasteiger charge is -2.11. The Hall–Kier alpha value is -1.71. The first-order valence-corrected chi connectivity index (χ1v) is 5.87. The van der Waals surface area contributed by atoms with Gasteiger partial charge in [0.15, 0.2) is 0 Å². The fourth-order valence-corrected chi connectivity index (χ4v) is 1.21. The first-order valence-electron chi connectivity index (χ1n) is 5.87. The molecule has 1 rings (SSSR count). The molecule has 0 unspecified atom stereocenters. The summed E-state index contributed by atoms with van der Waals surface area (Å²) in [4.78, 5) is 4.32. The van der Waals surface area contributed by atoms with E-state index in [1.165, 1.54) is 0 Å². The first-order chi connectivity index (χ1) is 8.13. The summed E-state index contributed by atoms with van der Waals surface area (Å²) in [5.74, 6) is 1.73. The van der Waals surface area contributed by atoms with E-state index >= 15 is 0 Å². The van der Waals surface area contributed by atoms with E-state index in [-0.39, 0.29) is 0 Å². The van der Waals surface area contributed by atoms with Crippen LogP contribution in [0.4, 0.5) is 11.5 Å². The van der Waals surface area contributed by atoms with Crippen LogP contribution in [-0.2, 0) is 0 Å². The molecule has 0 aliphatic heterocycles. The fourth-order valence-electron chi connectivity index (χ4n) is 1.21. The van der Waals surface area contributed by atoms with Gasteiger partial charge in [-0.15, -0.1) is 6.58 Å². The number of ether oxygens (including phenoxy) is 1. The molecule has 0 atom stereocenters. The molecule has 1 aromatic heterocycles. The van der Waals surface area contributed by atoms with Gasteiger partial charge in [-0.25, -0.2) is 0 Å². The topological polar surface area (TPSA) is 60.2 Å². The van der Waals surface area contributed by atoms with Crippen molar-refractivity contribution < 1.29 is 4.74 Å². The van der Waals surface area contributed by atoms with Crippen molar-refractivity contribution >= 4 is 11.5 Å². The standard InChI is InChI=1S/C13H21N3O/c1-4-5-8-15-12-7-6-11(14)13(16-12)17-9-10(2)3/h4,6-7,10H,1,5,8-9,14H2,2-3H3,(H,15,16). The monoisotopic (exact) mass is 235 g/mol. The minimum Gasteiger partial charge on any atom is -0.476 e. The molecular weight excluding hydrogens is 214 g/mol. The normalized spacial score (nSPS) is 10.3. The smallest absolute Gasteiger partial charge is 0.239 e. The van der Waals surface area contributed by atoms with Crippen LogP contribution in [0.3, 0.4) is 0 Å². The molecule has 0 fully saturated rings. The molecule has 0 amide bonds. The molecule has 94 valence electrons. The SMILES string of the molecule is C=CCCNc1ccc(N)c(OCC(C)C)n1. The number of nitrogens with one attached hydrogen (secondary N) is 1. The number of rotatable bonds is 7. The summed E-state index contributed by atoms with van der Waals surface area (Å²) in [6.07, 6.45) is 2.76. The van der Waals surface area contributed by atoms with E-state index in [1.54, 1.807) is 6.07 Å². The van der Waals surface area contributed by atoms with Crippen LogP contribution >= 0.6 is 0 Å². The molecular formula is C13H21N3O. The molecule has 0 radical (unpaired) electrons. The Morgan fingerprint density at radius 1 is 1.53 bits per heavy atom. The highest BCUT2D eigenvalue weighted by Crippen LogP contribution is 2.21. The fraction of sp³-hybridized carbons (Fsp3) is 0.462. The van der Waals surface area contributed by atoms with Gasteiger partial charge in [0.1, 0.15) is 5.82 Å². The average molecular weight is 235 g/mol. The molecule has 0 saturated heterocycles. The van der Waals surface area contributed by atoms with Crippen molar-refractivity contribution in [2.24, 2.45) is 5.92 Å². The highest BCUT2D eigenvalue weighted by molar-refractivity contribution is 5.53. The van der Waals surface area contributed by atoms with Crippen LogP contribution in [0.5, 0.6) is 5.88 Å². The maximum absolute atomic E-state index is 5.80. The molecule has 17 heavy (non-hydrogen) atoms. The van der Waals surface area contributed by atoms with Crippen molar-refractivity contribution in [1.82, 2.24) is 4.98 Å². The Balaban J connectivity index is 2.62. The molecule has 0 aliphatic carbocycles. The Kier molecular flexibility index (Phi) is 5.33.